The smallest absolute Gasteiger partial charge is 0.254 e. The SMILES string of the molecule is CC1(C)CC(O)CN1C(=O)c1ccc2c(c1)CCC2. The monoisotopic (exact) mass is 259 g/mol. The molecular weight excluding hydrogens is 238 g/mol. The molecule has 102 valence electrons. The molecule has 1 heterocycles. The summed E-state index contributed by atoms with van der Waals surface area (Å²) in [6.07, 6.45) is 3.68. The molecule has 1 atom stereocenters. The van der Waals surface area contributed by atoms with Gasteiger partial charge in [0.15, 0.2) is 0 Å². The third kappa shape index (κ3) is 2.16. The number of amides is 1. The van der Waals surface area contributed by atoms with Crippen LogP contribution in [0.1, 0.15) is 48.2 Å². The summed E-state index contributed by atoms with van der Waals surface area (Å²) in [6.45, 7) is 4.49. The Balaban J connectivity index is 1.88. The lowest BCUT2D eigenvalue weighted by Crippen LogP contribution is -2.42. The van der Waals surface area contributed by atoms with Crippen LogP contribution in [0.4, 0.5) is 0 Å². The summed E-state index contributed by atoms with van der Waals surface area (Å²) >= 11 is 0. The van der Waals surface area contributed by atoms with Gasteiger partial charge in [-0.25, -0.2) is 0 Å². The Bertz CT molecular complexity index is 521. The van der Waals surface area contributed by atoms with Crippen molar-refractivity contribution >= 4 is 5.91 Å². The van der Waals surface area contributed by atoms with Gasteiger partial charge in [0.2, 0.25) is 0 Å². The average molecular weight is 259 g/mol. The molecule has 0 radical (unpaired) electrons. The molecule has 1 fully saturated rings. The molecule has 0 spiro atoms. The van der Waals surface area contributed by atoms with Crippen molar-refractivity contribution in [3.63, 3.8) is 0 Å². The van der Waals surface area contributed by atoms with Gasteiger partial charge in [-0.3, -0.25) is 4.79 Å². The highest BCUT2D eigenvalue weighted by Crippen LogP contribution is 2.31. The number of hydrogen-bond acceptors (Lipinski definition) is 2. The van der Waals surface area contributed by atoms with E-state index in [4.69, 9.17) is 0 Å². The zero-order chi connectivity index (χ0) is 13.6. The van der Waals surface area contributed by atoms with E-state index in [1.165, 1.54) is 17.5 Å². The molecule has 1 aromatic rings. The largest absolute Gasteiger partial charge is 0.391 e. The van der Waals surface area contributed by atoms with Crippen molar-refractivity contribution in [2.24, 2.45) is 0 Å². The summed E-state index contributed by atoms with van der Waals surface area (Å²) in [7, 11) is 0. The highest BCUT2D eigenvalue weighted by Gasteiger charge is 2.40. The zero-order valence-electron chi connectivity index (χ0n) is 11.6. The second kappa shape index (κ2) is 4.34. The first-order valence-corrected chi connectivity index (χ1v) is 7.09. The third-order valence-electron chi connectivity index (χ3n) is 4.45. The third-order valence-corrected chi connectivity index (χ3v) is 4.45. The average Bonchev–Trinajstić information content (AvgIpc) is 2.90. The number of carbonyl (C=O) groups is 1. The standard InChI is InChI=1S/C16H21NO2/c1-16(2)9-14(18)10-17(16)15(19)13-7-6-11-4-3-5-12(11)8-13/h6-8,14,18H,3-5,9-10H2,1-2H3. The Labute approximate surface area is 114 Å². The molecular formula is C16H21NO2. The minimum absolute atomic E-state index is 0.0521. The normalized spacial score (nSPS) is 24.6. The van der Waals surface area contributed by atoms with Crippen molar-refractivity contribution in [1.29, 1.82) is 0 Å². The molecule has 3 heteroatoms. The maximum absolute atomic E-state index is 12.6. The molecule has 1 unspecified atom stereocenters. The fourth-order valence-corrected chi connectivity index (χ4v) is 3.43. The van der Waals surface area contributed by atoms with Gasteiger partial charge in [-0.1, -0.05) is 6.07 Å². The van der Waals surface area contributed by atoms with Crippen molar-refractivity contribution < 1.29 is 9.90 Å². The van der Waals surface area contributed by atoms with Crippen molar-refractivity contribution in [3.05, 3.63) is 34.9 Å². The summed E-state index contributed by atoms with van der Waals surface area (Å²) in [5, 5.41) is 9.79. The number of benzene rings is 1. The van der Waals surface area contributed by atoms with Crippen LogP contribution in [-0.2, 0) is 12.8 Å². The Kier molecular flexibility index (Phi) is 2.90. The summed E-state index contributed by atoms with van der Waals surface area (Å²) in [6, 6.07) is 6.08. The molecule has 2 aliphatic rings. The minimum Gasteiger partial charge on any atom is -0.391 e. The number of aryl methyl sites for hydroxylation is 2. The molecule has 19 heavy (non-hydrogen) atoms. The van der Waals surface area contributed by atoms with E-state index < -0.39 is 6.10 Å². The Morgan fingerprint density at radius 2 is 2.05 bits per heavy atom. The molecule has 3 nitrogen and oxygen atoms in total. The van der Waals surface area contributed by atoms with Gasteiger partial charge >= 0.3 is 0 Å². The highest BCUT2D eigenvalue weighted by molar-refractivity contribution is 5.95. The summed E-state index contributed by atoms with van der Waals surface area (Å²) < 4.78 is 0. The Morgan fingerprint density at radius 3 is 2.74 bits per heavy atom. The van der Waals surface area contributed by atoms with Gasteiger partial charge in [0.25, 0.3) is 5.91 Å². The van der Waals surface area contributed by atoms with Gasteiger partial charge in [-0.05, 0) is 62.8 Å². The molecule has 1 aromatic carbocycles. The molecule has 1 aliphatic heterocycles. The fourth-order valence-electron chi connectivity index (χ4n) is 3.43. The lowest BCUT2D eigenvalue weighted by atomic mass is 9.99. The number of hydrogen-bond donors (Lipinski definition) is 1. The number of fused-ring (bicyclic) bond motifs is 1. The molecule has 0 saturated carbocycles. The maximum Gasteiger partial charge on any atom is 0.254 e. The topological polar surface area (TPSA) is 40.5 Å². The molecule has 1 N–H and O–H groups in total. The van der Waals surface area contributed by atoms with Crippen molar-refractivity contribution in [2.45, 2.75) is 51.2 Å². The number of rotatable bonds is 1. The molecule has 1 saturated heterocycles. The van der Waals surface area contributed by atoms with Gasteiger partial charge in [-0.2, -0.15) is 0 Å². The molecule has 3 rings (SSSR count). The summed E-state index contributed by atoms with van der Waals surface area (Å²) in [5.74, 6) is 0.0521. The van der Waals surface area contributed by atoms with E-state index in [2.05, 4.69) is 6.07 Å². The number of nitrogens with zero attached hydrogens (tertiary/aromatic N) is 1. The zero-order valence-corrected chi connectivity index (χ0v) is 11.6. The molecule has 0 aromatic heterocycles. The first-order chi connectivity index (χ1) is 8.97. The van der Waals surface area contributed by atoms with Crippen LogP contribution in [0.25, 0.3) is 0 Å². The van der Waals surface area contributed by atoms with Crippen molar-refractivity contribution in [2.75, 3.05) is 6.54 Å². The Morgan fingerprint density at radius 1 is 1.32 bits per heavy atom. The number of aliphatic hydroxyl groups is 1. The van der Waals surface area contributed by atoms with E-state index in [9.17, 15) is 9.90 Å². The summed E-state index contributed by atoms with van der Waals surface area (Å²) in [5.41, 5.74) is 3.22. The first-order valence-electron chi connectivity index (χ1n) is 7.09. The van der Waals surface area contributed by atoms with E-state index >= 15 is 0 Å². The van der Waals surface area contributed by atoms with Crippen LogP contribution in [0.5, 0.6) is 0 Å². The second-order valence-electron chi connectivity index (χ2n) is 6.42. The summed E-state index contributed by atoms with van der Waals surface area (Å²) in [4.78, 5) is 14.4. The van der Waals surface area contributed by atoms with Gasteiger partial charge < -0.3 is 10.0 Å². The van der Waals surface area contributed by atoms with Gasteiger partial charge in [0, 0.05) is 17.6 Å². The lowest BCUT2D eigenvalue weighted by molar-refractivity contribution is 0.0641. The van der Waals surface area contributed by atoms with Crippen LogP contribution in [0.3, 0.4) is 0 Å². The lowest BCUT2D eigenvalue weighted by Gasteiger charge is -2.31. The van der Waals surface area contributed by atoms with Gasteiger partial charge in [-0.15, -0.1) is 0 Å². The predicted molar refractivity (Wildman–Crippen MR) is 74.2 cm³/mol. The van der Waals surface area contributed by atoms with E-state index in [1.54, 1.807) is 0 Å². The molecule has 0 bridgehead atoms. The molecule has 1 aliphatic carbocycles. The van der Waals surface area contributed by atoms with E-state index in [0.29, 0.717) is 13.0 Å². The number of likely N-dealkylation sites (tertiary alicyclic amines) is 1. The minimum atomic E-state index is -0.395. The van der Waals surface area contributed by atoms with Crippen LogP contribution < -0.4 is 0 Å². The van der Waals surface area contributed by atoms with Crippen LogP contribution in [0.15, 0.2) is 18.2 Å². The second-order valence-corrected chi connectivity index (χ2v) is 6.42. The quantitative estimate of drug-likeness (QED) is 0.839. The van der Waals surface area contributed by atoms with Crippen LogP contribution in [-0.4, -0.2) is 34.1 Å². The van der Waals surface area contributed by atoms with Crippen molar-refractivity contribution in [1.82, 2.24) is 4.90 Å². The van der Waals surface area contributed by atoms with E-state index in [-0.39, 0.29) is 11.4 Å². The number of β-amino-alcohol motifs (C(OH)–C–C–N with tert-alkyl or cyclic N) is 1. The Hall–Kier alpha value is -1.35. The first kappa shape index (κ1) is 12.7. The number of aliphatic hydroxyl groups excluding tert-OH is 1. The number of carbonyl (C=O) groups excluding carboxylic acids is 1. The van der Waals surface area contributed by atoms with Crippen LogP contribution >= 0.6 is 0 Å². The maximum atomic E-state index is 12.6. The van der Waals surface area contributed by atoms with E-state index in [0.717, 1.165) is 18.4 Å². The van der Waals surface area contributed by atoms with Gasteiger partial charge in [0.1, 0.15) is 0 Å². The van der Waals surface area contributed by atoms with E-state index in [1.807, 2.05) is 30.9 Å². The van der Waals surface area contributed by atoms with Gasteiger partial charge in [0.05, 0.1) is 6.10 Å². The predicted octanol–water partition coefficient (Wildman–Crippen LogP) is 2.16. The van der Waals surface area contributed by atoms with Crippen LogP contribution in [0.2, 0.25) is 0 Å². The highest BCUT2D eigenvalue weighted by atomic mass is 16.3. The van der Waals surface area contributed by atoms with Crippen LogP contribution in [0, 0.1) is 0 Å². The fraction of sp³-hybridized carbons (Fsp3) is 0.562. The van der Waals surface area contributed by atoms with Crippen molar-refractivity contribution in [3.8, 4) is 0 Å². The molecule has 1 amide bonds.